The van der Waals surface area contributed by atoms with Crippen molar-refractivity contribution in [2.24, 2.45) is 5.92 Å². The lowest BCUT2D eigenvalue weighted by molar-refractivity contribution is -0.119. The average molecular weight is 219 g/mol. The molecule has 2 heteroatoms. The molecule has 0 aliphatic carbocycles. The molecule has 1 atom stereocenters. The molecule has 11 heavy (non-hydrogen) atoms. The maximum absolute atomic E-state index is 11.0. The van der Waals surface area contributed by atoms with Crippen LogP contribution in [-0.2, 0) is 4.79 Å². The Bertz CT molecular complexity index is 138. The number of ketones is 1. The van der Waals surface area contributed by atoms with Crippen LogP contribution in [0.15, 0.2) is 11.1 Å². The zero-order valence-corrected chi connectivity index (χ0v) is 8.78. The van der Waals surface area contributed by atoms with E-state index in [4.69, 9.17) is 0 Å². The van der Waals surface area contributed by atoms with Gasteiger partial charge in [0.25, 0.3) is 0 Å². The SMILES string of the molecule is C=C(Br)C(CCCC)C(C)=O. The normalized spacial score (nSPS) is 12.6. The van der Waals surface area contributed by atoms with Gasteiger partial charge in [-0.15, -0.1) is 0 Å². The van der Waals surface area contributed by atoms with Crippen LogP contribution < -0.4 is 0 Å². The minimum atomic E-state index is 0.0231. The fourth-order valence-corrected chi connectivity index (χ4v) is 1.54. The van der Waals surface area contributed by atoms with Crippen molar-refractivity contribution in [2.45, 2.75) is 33.1 Å². The van der Waals surface area contributed by atoms with Crippen molar-refractivity contribution in [1.29, 1.82) is 0 Å². The Kier molecular flexibility index (Phi) is 5.47. The summed E-state index contributed by atoms with van der Waals surface area (Å²) in [5, 5.41) is 0. The smallest absolute Gasteiger partial charge is 0.137 e. The molecule has 0 N–H and O–H groups in total. The molecule has 0 aliphatic rings. The average Bonchev–Trinajstić information content (AvgIpc) is 1.87. The van der Waals surface area contributed by atoms with Gasteiger partial charge in [-0.1, -0.05) is 42.3 Å². The van der Waals surface area contributed by atoms with Gasteiger partial charge in [0, 0.05) is 5.92 Å². The summed E-state index contributed by atoms with van der Waals surface area (Å²) in [6, 6.07) is 0. The number of carbonyl (C=O) groups is 1. The number of halogens is 1. The van der Waals surface area contributed by atoms with E-state index in [1.807, 2.05) is 0 Å². The molecule has 0 rings (SSSR count). The van der Waals surface area contributed by atoms with E-state index in [0.29, 0.717) is 0 Å². The highest BCUT2D eigenvalue weighted by molar-refractivity contribution is 9.11. The molecule has 0 saturated heterocycles. The summed E-state index contributed by atoms with van der Waals surface area (Å²) in [6.07, 6.45) is 3.15. The second-order valence-electron chi connectivity index (χ2n) is 2.75. The van der Waals surface area contributed by atoms with Crippen molar-refractivity contribution < 1.29 is 4.79 Å². The van der Waals surface area contributed by atoms with Crippen LogP contribution in [0.2, 0.25) is 0 Å². The van der Waals surface area contributed by atoms with Crippen molar-refractivity contribution in [2.75, 3.05) is 0 Å². The third-order valence-corrected chi connectivity index (χ3v) is 2.27. The van der Waals surface area contributed by atoms with Crippen LogP contribution in [0.25, 0.3) is 0 Å². The van der Waals surface area contributed by atoms with Crippen molar-refractivity contribution in [1.82, 2.24) is 0 Å². The Balaban J connectivity index is 3.90. The largest absolute Gasteiger partial charge is 0.299 e. The summed E-state index contributed by atoms with van der Waals surface area (Å²) in [5.74, 6) is 0.232. The Labute approximate surface area is 77.0 Å². The predicted molar refractivity (Wildman–Crippen MR) is 51.8 cm³/mol. The number of rotatable bonds is 5. The van der Waals surface area contributed by atoms with Gasteiger partial charge < -0.3 is 0 Å². The molecule has 0 aliphatic heterocycles. The molecule has 0 heterocycles. The minimum Gasteiger partial charge on any atom is -0.299 e. The van der Waals surface area contributed by atoms with Gasteiger partial charge in [-0.05, 0) is 17.8 Å². The zero-order valence-electron chi connectivity index (χ0n) is 7.19. The summed E-state index contributed by atoms with van der Waals surface area (Å²) in [5.41, 5.74) is 0. The van der Waals surface area contributed by atoms with Gasteiger partial charge in [0.1, 0.15) is 5.78 Å². The molecule has 1 unspecified atom stereocenters. The van der Waals surface area contributed by atoms with E-state index in [-0.39, 0.29) is 11.7 Å². The second-order valence-corrected chi connectivity index (χ2v) is 3.77. The van der Waals surface area contributed by atoms with Crippen LogP contribution in [0, 0.1) is 5.92 Å². The van der Waals surface area contributed by atoms with Gasteiger partial charge >= 0.3 is 0 Å². The topological polar surface area (TPSA) is 17.1 Å². The van der Waals surface area contributed by atoms with E-state index >= 15 is 0 Å². The van der Waals surface area contributed by atoms with Crippen LogP contribution in [-0.4, -0.2) is 5.78 Å². The quantitative estimate of drug-likeness (QED) is 0.693. The number of carbonyl (C=O) groups excluding carboxylic acids is 1. The van der Waals surface area contributed by atoms with Crippen molar-refractivity contribution >= 4 is 21.7 Å². The molecule has 64 valence electrons. The van der Waals surface area contributed by atoms with E-state index in [0.717, 1.165) is 23.7 Å². The monoisotopic (exact) mass is 218 g/mol. The summed E-state index contributed by atoms with van der Waals surface area (Å²) in [6.45, 7) is 7.46. The van der Waals surface area contributed by atoms with Gasteiger partial charge in [-0.2, -0.15) is 0 Å². The molecule has 0 radical (unpaired) electrons. The van der Waals surface area contributed by atoms with E-state index in [1.165, 1.54) is 0 Å². The highest BCUT2D eigenvalue weighted by Crippen LogP contribution is 2.22. The molecule has 0 amide bonds. The zero-order chi connectivity index (χ0) is 8.85. The van der Waals surface area contributed by atoms with Crippen molar-refractivity contribution in [3.05, 3.63) is 11.1 Å². The van der Waals surface area contributed by atoms with Crippen LogP contribution >= 0.6 is 15.9 Å². The van der Waals surface area contributed by atoms with Crippen LogP contribution in [0.4, 0.5) is 0 Å². The molecular weight excluding hydrogens is 204 g/mol. The second kappa shape index (κ2) is 5.53. The van der Waals surface area contributed by atoms with E-state index in [2.05, 4.69) is 29.4 Å². The molecule has 0 saturated carbocycles. The Hall–Kier alpha value is -0.110. The summed E-state index contributed by atoms with van der Waals surface area (Å²) in [7, 11) is 0. The van der Waals surface area contributed by atoms with E-state index in [9.17, 15) is 4.79 Å². The Morgan fingerprint density at radius 1 is 1.64 bits per heavy atom. The fourth-order valence-electron chi connectivity index (χ4n) is 0.989. The Morgan fingerprint density at radius 2 is 2.18 bits per heavy atom. The lowest BCUT2D eigenvalue weighted by Gasteiger charge is -2.10. The first-order valence-corrected chi connectivity index (χ1v) is 4.73. The summed E-state index contributed by atoms with van der Waals surface area (Å²) >= 11 is 3.26. The van der Waals surface area contributed by atoms with Gasteiger partial charge in [0.05, 0.1) is 0 Å². The molecule has 0 aromatic rings. The highest BCUT2D eigenvalue weighted by Gasteiger charge is 2.14. The van der Waals surface area contributed by atoms with Crippen LogP contribution in [0.1, 0.15) is 33.1 Å². The first kappa shape index (κ1) is 10.9. The van der Waals surface area contributed by atoms with Crippen molar-refractivity contribution in [3.8, 4) is 0 Å². The van der Waals surface area contributed by atoms with Gasteiger partial charge in [-0.3, -0.25) is 4.79 Å². The van der Waals surface area contributed by atoms with E-state index < -0.39 is 0 Å². The number of hydrogen-bond acceptors (Lipinski definition) is 1. The van der Waals surface area contributed by atoms with E-state index in [1.54, 1.807) is 6.92 Å². The highest BCUT2D eigenvalue weighted by atomic mass is 79.9. The standard InChI is InChI=1S/C9H15BrO/c1-4-5-6-9(7(2)10)8(3)11/h9H,2,4-6H2,1,3H3. The van der Waals surface area contributed by atoms with Gasteiger partial charge in [0.2, 0.25) is 0 Å². The third-order valence-electron chi connectivity index (χ3n) is 1.72. The molecule has 0 bridgehead atoms. The summed E-state index contributed by atoms with van der Waals surface area (Å²) < 4.78 is 0.818. The predicted octanol–water partition coefficient (Wildman–Crippen LogP) is 3.29. The minimum absolute atomic E-state index is 0.0231. The number of unbranched alkanes of at least 4 members (excludes halogenated alkanes) is 1. The van der Waals surface area contributed by atoms with Crippen LogP contribution in [0.3, 0.4) is 0 Å². The number of Topliss-reactive ketones (excluding diaryl/α,β-unsaturated/α-hetero) is 1. The maximum Gasteiger partial charge on any atom is 0.137 e. The maximum atomic E-state index is 11.0. The number of hydrogen-bond donors (Lipinski definition) is 0. The first-order chi connectivity index (χ1) is 5.09. The molecule has 1 nitrogen and oxygen atoms in total. The summed E-state index contributed by atoms with van der Waals surface area (Å²) in [4.78, 5) is 11.0. The molecule has 0 spiro atoms. The molecular formula is C9H15BrO. The molecule has 0 aromatic heterocycles. The third kappa shape index (κ3) is 4.35. The Morgan fingerprint density at radius 3 is 2.45 bits per heavy atom. The lowest BCUT2D eigenvalue weighted by atomic mass is 9.99. The molecule has 0 aromatic carbocycles. The van der Waals surface area contributed by atoms with Crippen LogP contribution in [0.5, 0.6) is 0 Å². The first-order valence-electron chi connectivity index (χ1n) is 3.94. The lowest BCUT2D eigenvalue weighted by Crippen LogP contribution is -2.10. The molecule has 0 fully saturated rings. The fraction of sp³-hybridized carbons (Fsp3) is 0.667. The number of allylic oxidation sites excluding steroid dienone is 1. The van der Waals surface area contributed by atoms with Gasteiger partial charge in [0.15, 0.2) is 0 Å². The van der Waals surface area contributed by atoms with Gasteiger partial charge in [-0.25, -0.2) is 0 Å². The van der Waals surface area contributed by atoms with Crippen molar-refractivity contribution in [3.63, 3.8) is 0 Å².